The SMILES string of the molecule is C=C(C)c1cn(C(C)(C)C)cn1. The van der Waals surface area contributed by atoms with Crippen LogP contribution < -0.4 is 0 Å². The smallest absolute Gasteiger partial charge is 0.0958 e. The van der Waals surface area contributed by atoms with E-state index in [9.17, 15) is 0 Å². The highest BCUT2D eigenvalue weighted by atomic mass is 15.1. The van der Waals surface area contributed by atoms with Crippen LogP contribution in [0.4, 0.5) is 0 Å². The highest BCUT2D eigenvalue weighted by molar-refractivity contribution is 5.56. The van der Waals surface area contributed by atoms with Crippen LogP contribution >= 0.6 is 0 Å². The summed E-state index contributed by atoms with van der Waals surface area (Å²) in [5.74, 6) is 0. The van der Waals surface area contributed by atoms with Crippen molar-refractivity contribution in [2.24, 2.45) is 0 Å². The summed E-state index contributed by atoms with van der Waals surface area (Å²) >= 11 is 0. The summed E-state index contributed by atoms with van der Waals surface area (Å²) in [6.07, 6.45) is 3.88. The summed E-state index contributed by atoms with van der Waals surface area (Å²) in [6, 6.07) is 0. The Morgan fingerprint density at radius 2 is 2.08 bits per heavy atom. The van der Waals surface area contributed by atoms with Crippen LogP contribution in [0.5, 0.6) is 0 Å². The van der Waals surface area contributed by atoms with Crippen molar-refractivity contribution in [3.8, 4) is 0 Å². The highest BCUT2D eigenvalue weighted by Gasteiger charge is 2.12. The third-order valence-corrected chi connectivity index (χ3v) is 1.79. The molecule has 0 aliphatic heterocycles. The van der Waals surface area contributed by atoms with Gasteiger partial charge in [-0.2, -0.15) is 0 Å². The minimum atomic E-state index is 0.112. The first-order valence-corrected chi connectivity index (χ1v) is 4.11. The van der Waals surface area contributed by atoms with Gasteiger partial charge in [0, 0.05) is 11.7 Å². The normalized spacial score (nSPS) is 11.7. The number of hydrogen-bond acceptors (Lipinski definition) is 1. The maximum absolute atomic E-state index is 4.25. The predicted octanol–water partition coefficient (Wildman–Crippen LogP) is 2.67. The topological polar surface area (TPSA) is 17.8 Å². The van der Waals surface area contributed by atoms with E-state index >= 15 is 0 Å². The predicted molar refractivity (Wildman–Crippen MR) is 51.9 cm³/mol. The monoisotopic (exact) mass is 164 g/mol. The molecule has 0 atom stereocenters. The summed E-state index contributed by atoms with van der Waals surface area (Å²) in [6.45, 7) is 12.3. The molecule has 0 bridgehead atoms. The zero-order chi connectivity index (χ0) is 9.35. The van der Waals surface area contributed by atoms with Gasteiger partial charge in [-0.25, -0.2) is 4.98 Å². The first-order chi connectivity index (χ1) is 5.41. The Bertz CT molecular complexity index is 289. The molecule has 0 radical (unpaired) electrons. The van der Waals surface area contributed by atoms with Crippen LogP contribution in [0.2, 0.25) is 0 Å². The lowest BCUT2D eigenvalue weighted by Crippen LogP contribution is -2.19. The molecule has 0 aliphatic carbocycles. The maximum atomic E-state index is 4.25. The van der Waals surface area contributed by atoms with Crippen molar-refractivity contribution in [1.82, 2.24) is 9.55 Å². The lowest BCUT2D eigenvalue weighted by molar-refractivity contribution is 0.396. The van der Waals surface area contributed by atoms with E-state index in [0.717, 1.165) is 11.3 Å². The summed E-state index contributed by atoms with van der Waals surface area (Å²) in [5, 5.41) is 0. The highest BCUT2D eigenvalue weighted by Crippen LogP contribution is 2.16. The van der Waals surface area contributed by atoms with Crippen molar-refractivity contribution < 1.29 is 0 Å². The van der Waals surface area contributed by atoms with E-state index in [4.69, 9.17) is 0 Å². The van der Waals surface area contributed by atoms with Crippen LogP contribution in [0.1, 0.15) is 33.4 Å². The van der Waals surface area contributed by atoms with Crippen LogP contribution in [0.15, 0.2) is 19.1 Å². The molecule has 0 N–H and O–H groups in total. The lowest BCUT2D eigenvalue weighted by Gasteiger charge is -2.19. The van der Waals surface area contributed by atoms with Gasteiger partial charge in [0.25, 0.3) is 0 Å². The van der Waals surface area contributed by atoms with Gasteiger partial charge in [-0.15, -0.1) is 0 Å². The summed E-state index contributed by atoms with van der Waals surface area (Å²) < 4.78 is 2.09. The van der Waals surface area contributed by atoms with Crippen molar-refractivity contribution in [3.05, 3.63) is 24.8 Å². The van der Waals surface area contributed by atoms with Crippen LogP contribution in [-0.2, 0) is 5.54 Å². The lowest BCUT2D eigenvalue weighted by atomic mass is 10.1. The van der Waals surface area contributed by atoms with E-state index in [2.05, 4.69) is 36.9 Å². The maximum Gasteiger partial charge on any atom is 0.0958 e. The van der Waals surface area contributed by atoms with Gasteiger partial charge in [0.05, 0.1) is 12.0 Å². The number of imidazole rings is 1. The average Bonchev–Trinajstić information content (AvgIpc) is 2.30. The molecule has 0 saturated heterocycles. The van der Waals surface area contributed by atoms with Gasteiger partial charge >= 0.3 is 0 Å². The minimum Gasteiger partial charge on any atom is -0.332 e. The molecule has 0 amide bonds. The largest absolute Gasteiger partial charge is 0.332 e. The van der Waals surface area contributed by atoms with Crippen molar-refractivity contribution in [2.45, 2.75) is 33.2 Å². The fourth-order valence-corrected chi connectivity index (χ4v) is 0.910. The first kappa shape index (κ1) is 9.04. The van der Waals surface area contributed by atoms with Gasteiger partial charge in [0.1, 0.15) is 0 Å². The third-order valence-electron chi connectivity index (χ3n) is 1.79. The van der Waals surface area contributed by atoms with Crippen LogP contribution in [0.25, 0.3) is 5.57 Å². The molecule has 0 fully saturated rings. The Balaban J connectivity index is 3.00. The zero-order valence-corrected chi connectivity index (χ0v) is 8.26. The number of allylic oxidation sites excluding steroid dienone is 1. The van der Waals surface area contributed by atoms with Crippen LogP contribution in [0, 0.1) is 0 Å². The fourth-order valence-electron chi connectivity index (χ4n) is 0.910. The third kappa shape index (κ3) is 1.76. The molecule has 0 aromatic carbocycles. The van der Waals surface area contributed by atoms with E-state index in [1.54, 1.807) is 0 Å². The van der Waals surface area contributed by atoms with Gasteiger partial charge in [-0.3, -0.25) is 0 Å². The van der Waals surface area contributed by atoms with Crippen molar-refractivity contribution >= 4 is 5.57 Å². The first-order valence-electron chi connectivity index (χ1n) is 4.11. The molecule has 66 valence electrons. The molecule has 2 heteroatoms. The molecule has 1 heterocycles. The molecule has 0 unspecified atom stereocenters. The van der Waals surface area contributed by atoms with Crippen molar-refractivity contribution in [2.75, 3.05) is 0 Å². The molecule has 1 rings (SSSR count). The number of hydrogen-bond donors (Lipinski definition) is 0. The quantitative estimate of drug-likeness (QED) is 0.624. The van der Waals surface area contributed by atoms with Crippen molar-refractivity contribution in [3.63, 3.8) is 0 Å². The second kappa shape index (κ2) is 2.77. The Morgan fingerprint density at radius 3 is 2.33 bits per heavy atom. The van der Waals surface area contributed by atoms with Gasteiger partial charge < -0.3 is 4.57 Å². The number of nitrogens with zero attached hydrogens (tertiary/aromatic N) is 2. The molecular formula is C10H16N2. The zero-order valence-electron chi connectivity index (χ0n) is 8.26. The Morgan fingerprint density at radius 1 is 1.50 bits per heavy atom. The molecule has 0 saturated carbocycles. The van der Waals surface area contributed by atoms with E-state index in [1.165, 1.54) is 0 Å². The molecule has 12 heavy (non-hydrogen) atoms. The molecule has 0 spiro atoms. The summed E-state index contributed by atoms with van der Waals surface area (Å²) in [5.41, 5.74) is 2.10. The van der Waals surface area contributed by atoms with Gasteiger partial charge in [-0.1, -0.05) is 6.58 Å². The summed E-state index contributed by atoms with van der Waals surface area (Å²) in [7, 11) is 0. The van der Waals surface area contributed by atoms with E-state index in [1.807, 2.05) is 19.4 Å². The Kier molecular flexibility index (Phi) is 2.09. The van der Waals surface area contributed by atoms with Gasteiger partial charge in [0.15, 0.2) is 0 Å². The minimum absolute atomic E-state index is 0.112. The van der Waals surface area contributed by atoms with Gasteiger partial charge in [-0.05, 0) is 33.3 Å². The summed E-state index contributed by atoms with van der Waals surface area (Å²) in [4.78, 5) is 4.25. The van der Waals surface area contributed by atoms with E-state index in [-0.39, 0.29) is 5.54 Å². The van der Waals surface area contributed by atoms with Crippen LogP contribution in [-0.4, -0.2) is 9.55 Å². The van der Waals surface area contributed by atoms with E-state index < -0.39 is 0 Å². The molecule has 0 aliphatic rings. The van der Waals surface area contributed by atoms with Crippen molar-refractivity contribution in [1.29, 1.82) is 0 Å². The van der Waals surface area contributed by atoms with Gasteiger partial charge in [0.2, 0.25) is 0 Å². The number of rotatable bonds is 1. The van der Waals surface area contributed by atoms with Crippen LogP contribution in [0.3, 0.4) is 0 Å². The Labute approximate surface area is 73.9 Å². The molecule has 1 aromatic heterocycles. The standard InChI is InChI=1S/C10H16N2/c1-8(2)9-6-12(7-11-9)10(3,4)5/h6-7H,1H2,2-5H3. The second-order valence-corrected chi connectivity index (χ2v) is 4.12. The second-order valence-electron chi connectivity index (χ2n) is 4.12. The molecule has 1 aromatic rings. The number of aromatic nitrogens is 2. The molecule has 2 nitrogen and oxygen atoms in total. The molecular weight excluding hydrogens is 148 g/mol. The fraction of sp³-hybridized carbons (Fsp3) is 0.500. The van der Waals surface area contributed by atoms with E-state index in [0.29, 0.717) is 0 Å². The Hall–Kier alpha value is -1.05. The average molecular weight is 164 g/mol.